The standard InChI is InChI=1S/C18H25ClN4O/c1-20-18(21-12-17(24)14-5-4-6-15(19)11-14)23-10-7-16(13-23)22-8-2-3-9-22/h2-6,11,16-17,24H,7-10,12-13H2,1H3,(H,20,21). The summed E-state index contributed by atoms with van der Waals surface area (Å²) in [5.41, 5.74) is 0.813. The van der Waals surface area contributed by atoms with Gasteiger partial charge in [0.15, 0.2) is 5.96 Å². The van der Waals surface area contributed by atoms with E-state index in [9.17, 15) is 5.11 Å². The molecule has 0 bridgehead atoms. The van der Waals surface area contributed by atoms with Crippen molar-refractivity contribution in [2.45, 2.75) is 18.6 Å². The van der Waals surface area contributed by atoms with Gasteiger partial charge in [-0.3, -0.25) is 9.89 Å². The molecule has 2 heterocycles. The molecule has 0 aromatic heterocycles. The molecule has 6 heteroatoms. The molecule has 24 heavy (non-hydrogen) atoms. The van der Waals surface area contributed by atoms with Gasteiger partial charge in [0.05, 0.1) is 6.10 Å². The molecule has 2 atom stereocenters. The fraction of sp³-hybridized carbons (Fsp3) is 0.500. The maximum absolute atomic E-state index is 10.3. The first-order chi connectivity index (χ1) is 11.7. The number of nitrogens with zero attached hydrogens (tertiary/aromatic N) is 3. The molecule has 2 N–H and O–H groups in total. The van der Waals surface area contributed by atoms with Crippen molar-refractivity contribution in [3.8, 4) is 0 Å². The van der Waals surface area contributed by atoms with Crippen LogP contribution in [0.2, 0.25) is 5.02 Å². The van der Waals surface area contributed by atoms with Crippen molar-refractivity contribution in [2.75, 3.05) is 39.8 Å². The number of benzene rings is 1. The Labute approximate surface area is 148 Å². The Morgan fingerprint density at radius 2 is 2.21 bits per heavy atom. The molecular weight excluding hydrogens is 324 g/mol. The highest BCUT2D eigenvalue weighted by atomic mass is 35.5. The first-order valence-corrected chi connectivity index (χ1v) is 8.83. The number of guanidine groups is 1. The lowest BCUT2D eigenvalue weighted by atomic mass is 10.1. The maximum atomic E-state index is 10.3. The Kier molecular flexibility index (Phi) is 5.76. The van der Waals surface area contributed by atoms with Crippen LogP contribution in [0.1, 0.15) is 18.1 Å². The zero-order valence-electron chi connectivity index (χ0n) is 14.0. The second kappa shape index (κ2) is 8.01. The lowest BCUT2D eigenvalue weighted by Crippen LogP contribution is -2.43. The van der Waals surface area contributed by atoms with Crippen LogP contribution < -0.4 is 5.32 Å². The molecule has 3 rings (SSSR count). The van der Waals surface area contributed by atoms with E-state index in [4.69, 9.17) is 11.6 Å². The Morgan fingerprint density at radius 1 is 1.42 bits per heavy atom. The van der Waals surface area contributed by atoms with Gasteiger partial charge >= 0.3 is 0 Å². The maximum Gasteiger partial charge on any atom is 0.193 e. The minimum absolute atomic E-state index is 0.416. The van der Waals surface area contributed by atoms with E-state index in [0.29, 0.717) is 17.6 Å². The van der Waals surface area contributed by atoms with Gasteiger partial charge in [-0.15, -0.1) is 0 Å². The number of nitrogens with one attached hydrogen (secondary N) is 1. The minimum Gasteiger partial charge on any atom is -0.387 e. The van der Waals surface area contributed by atoms with Gasteiger partial charge in [-0.2, -0.15) is 0 Å². The molecule has 1 aromatic carbocycles. The number of aliphatic hydroxyl groups is 1. The summed E-state index contributed by atoms with van der Waals surface area (Å²) in [4.78, 5) is 9.14. The molecule has 2 aliphatic rings. The van der Waals surface area contributed by atoms with Crippen LogP contribution in [0, 0.1) is 0 Å². The van der Waals surface area contributed by atoms with Crippen LogP contribution in [0.4, 0.5) is 0 Å². The highest BCUT2D eigenvalue weighted by molar-refractivity contribution is 6.30. The second-order valence-electron chi connectivity index (χ2n) is 6.31. The topological polar surface area (TPSA) is 51.1 Å². The third kappa shape index (κ3) is 4.09. The second-order valence-corrected chi connectivity index (χ2v) is 6.75. The first kappa shape index (κ1) is 17.3. The van der Waals surface area contributed by atoms with E-state index in [1.807, 2.05) is 18.2 Å². The summed E-state index contributed by atoms with van der Waals surface area (Å²) < 4.78 is 0. The molecule has 0 radical (unpaired) electrons. The van der Waals surface area contributed by atoms with E-state index < -0.39 is 6.10 Å². The van der Waals surface area contributed by atoms with E-state index in [0.717, 1.165) is 44.1 Å². The number of rotatable bonds is 4. The van der Waals surface area contributed by atoms with Crippen LogP contribution in [0.3, 0.4) is 0 Å². The number of halogens is 1. The molecule has 2 unspecified atom stereocenters. The van der Waals surface area contributed by atoms with Gasteiger partial charge in [0, 0.05) is 50.8 Å². The van der Waals surface area contributed by atoms with Crippen LogP contribution in [0.5, 0.6) is 0 Å². The number of hydrogen-bond donors (Lipinski definition) is 2. The first-order valence-electron chi connectivity index (χ1n) is 8.45. The van der Waals surface area contributed by atoms with Crippen molar-refractivity contribution in [1.29, 1.82) is 0 Å². The SMILES string of the molecule is CN=C(NCC(O)c1cccc(Cl)c1)N1CCC(N2CC=CC2)C1. The van der Waals surface area contributed by atoms with Gasteiger partial charge in [-0.05, 0) is 24.1 Å². The van der Waals surface area contributed by atoms with E-state index in [-0.39, 0.29) is 0 Å². The number of aliphatic imine (C=N–C) groups is 1. The third-order valence-electron chi connectivity index (χ3n) is 4.72. The summed E-state index contributed by atoms with van der Waals surface area (Å²) in [6.07, 6.45) is 5.01. The molecule has 0 saturated carbocycles. The zero-order chi connectivity index (χ0) is 16.9. The molecule has 1 saturated heterocycles. The molecule has 0 amide bonds. The van der Waals surface area contributed by atoms with Crippen molar-refractivity contribution in [3.05, 3.63) is 47.0 Å². The average Bonchev–Trinajstić information content (AvgIpc) is 3.26. The predicted molar refractivity (Wildman–Crippen MR) is 98.5 cm³/mol. The quantitative estimate of drug-likeness (QED) is 0.495. The summed E-state index contributed by atoms with van der Waals surface area (Å²) in [5.74, 6) is 0.853. The molecule has 1 fully saturated rings. The van der Waals surface area contributed by atoms with Crippen molar-refractivity contribution < 1.29 is 5.11 Å². The van der Waals surface area contributed by atoms with Gasteiger partial charge in [0.25, 0.3) is 0 Å². The minimum atomic E-state index is -0.610. The zero-order valence-corrected chi connectivity index (χ0v) is 14.8. The van der Waals surface area contributed by atoms with E-state index >= 15 is 0 Å². The lowest BCUT2D eigenvalue weighted by Gasteiger charge is -2.26. The Morgan fingerprint density at radius 3 is 2.92 bits per heavy atom. The van der Waals surface area contributed by atoms with Gasteiger partial charge in [-0.25, -0.2) is 0 Å². The van der Waals surface area contributed by atoms with Gasteiger partial charge < -0.3 is 15.3 Å². The highest BCUT2D eigenvalue weighted by Crippen LogP contribution is 2.19. The molecule has 130 valence electrons. The Balaban J connectivity index is 1.52. The summed E-state index contributed by atoms with van der Waals surface area (Å²) in [6, 6.07) is 7.92. The van der Waals surface area contributed by atoms with Crippen LogP contribution in [-0.2, 0) is 0 Å². The molecular formula is C18H25ClN4O. The average molecular weight is 349 g/mol. The smallest absolute Gasteiger partial charge is 0.193 e. The van der Waals surface area contributed by atoms with Crippen molar-refractivity contribution >= 4 is 17.6 Å². The van der Waals surface area contributed by atoms with Crippen LogP contribution in [0.15, 0.2) is 41.4 Å². The molecule has 1 aromatic rings. The van der Waals surface area contributed by atoms with Gasteiger partial charge in [0.2, 0.25) is 0 Å². The van der Waals surface area contributed by atoms with E-state index in [1.54, 1.807) is 13.1 Å². The summed E-state index contributed by atoms with van der Waals surface area (Å²) in [5, 5.41) is 14.3. The third-order valence-corrected chi connectivity index (χ3v) is 4.96. The molecule has 5 nitrogen and oxygen atoms in total. The normalized spacial score (nSPS) is 23.0. The van der Waals surface area contributed by atoms with Crippen LogP contribution in [-0.4, -0.2) is 66.7 Å². The van der Waals surface area contributed by atoms with E-state index in [1.165, 1.54) is 0 Å². The summed E-state index contributed by atoms with van der Waals surface area (Å²) in [6.45, 7) is 4.50. The van der Waals surface area contributed by atoms with Crippen molar-refractivity contribution in [2.24, 2.45) is 4.99 Å². The Hall–Kier alpha value is -1.56. The number of likely N-dealkylation sites (tertiary alicyclic amines) is 1. The summed E-state index contributed by atoms with van der Waals surface area (Å²) in [7, 11) is 1.79. The predicted octanol–water partition coefficient (Wildman–Crippen LogP) is 1.89. The van der Waals surface area contributed by atoms with E-state index in [2.05, 4.69) is 32.3 Å². The van der Waals surface area contributed by atoms with Gasteiger partial charge in [-0.1, -0.05) is 35.9 Å². The van der Waals surface area contributed by atoms with Crippen LogP contribution in [0.25, 0.3) is 0 Å². The van der Waals surface area contributed by atoms with Crippen LogP contribution >= 0.6 is 11.6 Å². The fourth-order valence-electron chi connectivity index (χ4n) is 3.38. The Bertz CT molecular complexity index is 611. The number of aliphatic hydroxyl groups excluding tert-OH is 1. The highest BCUT2D eigenvalue weighted by Gasteiger charge is 2.29. The summed E-state index contributed by atoms with van der Waals surface area (Å²) >= 11 is 5.99. The van der Waals surface area contributed by atoms with Gasteiger partial charge in [0.1, 0.15) is 0 Å². The van der Waals surface area contributed by atoms with Crippen molar-refractivity contribution in [3.63, 3.8) is 0 Å². The van der Waals surface area contributed by atoms with Crippen molar-refractivity contribution in [1.82, 2.24) is 15.1 Å². The molecule has 0 aliphatic carbocycles. The lowest BCUT2D eigenvalue weighted by molar-refractivity contribution is 0.179. The number of hydrogen-bond acceptors (Lipinski definition) is 3. The monoisotopic (exact) mass is 348 g/mol. The molecule has 2 aliphatic heterocycles. The fourth-order valence-corrected chi connectivity index (χ4v) is 3.58. The largest absolute Gasteiger partial charge is 0.387 e. The molecule has 0 spiro atoms.